The van der Waals surface area contributed by atoms with Gasteiger partial charge in [-0.15, -0.1) is 0 Å². The normalized spacial score (nSPS) is 17.5. The number of hydrogen-bond donors (Lipinski definition) is 2. The molecule has 1 aromatic rings. The summed E-state index contributed by atoms with van der Waals surface area (Å²) >= 11 is 0. The van der Waals surface area contributed by atoms with E-state index in [-0.39, 0.29) is 18.9 Å². The minimum absolute atomic E-state index is 0.128. The Bertz CT molecular complexity index is 678. The summed E-state index contributed by atoms with van der Waals surface area (Å²) in [6.07, 6.45) is 1.77. The van der Waals surface area contributed by atoms with Gasteiger partial charge in [-0.3, -0.25) is 9.59 Å². The van der Waals surface area contributed by atoms with Gasteiger partial charge in [-0.2, -0.15) is 18.2 Å². The molecule has 1 aliphatic heterocycles. The number of nitrogens with one attached hydrogen (secondary N) is 2. The van der Waals surface area contributed by atoms with Crippen LogP contribution in [0, 0.1) is 0 Å². The summed E-state index contributed by atoms with van der Waals surface area (Å²) in [4.78, 5) is 23.8. The summed E-state index contributed by atoms with van der Waals surface area (Å²) in [6.45, 7) is 2.20. The zero-order chi connectivity index (χ0) is 17.6. The highest BCUT2D eigenvalue weighted by Gasteiger charge is 2.45. The number of hydroxylamine groups is 1. The molecule has 2 amide bonds. The first-order valence-electron chi connectivity index (χ1n) is 7.75. The van der Waals surface area contributed by atoms with Gasteiger partial charge >= 0.3 is 10.3 Å². The molecule has 24 heavy (non-hydrogen) atoms. The van der Waals surface area contributed by atoms with E-state index in [1.165, 1.54) is 0 Å². The highest BCUT2D eigenvalue weighted by Crippen LogP contribution is 2.16. The smallest absolute Gasteiger partial charge is 0.342 e. The van der Waals surface area contributed by atoms with Gasteiger partial charge in [0.05, 0.1) is 13.0 Å². The Morgan fingerprint density at radius 3 is 2.67 bits per heavy atom. The average molecular weight is 355 g/mol. The standard InChI is InChI=1S/C15H21N3O5S/c1-2-3-9-16-23-24(21,22)18-11-13(15(18)20)17-14(19)10-12-7-5-4-6-8-12/h4-8,13,16H,2-3,9-11H2,1H3,(H,17,19)/t13-/m0/s1. The maximum Gasteiger partial charge on any atom is 0.380 e. The van der Waals surface area contributed by atoms with Crippen molar-refractivity contribution in [1.29, 1.82) is 0 Å². The van der Waals surface area contributed by atoms with Gasteiger partial charge in [-0.25, -0.2) is 4.31 Å². The minimum Gasteiger partial charge on any atom is -0.342 e. The van der Waals surface area contributed by atoms with Crippen molar-refractivity contribution in [2.75, 3.05) is 13.1 Å². The van der Waals surface area contributed by atoms with E-state index in [0.29, 0.717) is 10.8 Å². The van der Waals surface area contributed by atoms with Gasteiger partial charge in [0.15, 0.2) is 0 Å². The van der Waals surface area contributed by atoms with E-state index >= 15 is 0 Å². The first-order valence-corrected chi connectivity index (χ1v) is 9.11. The van der Waals surface area contributed by atoms with Crippen molar-refractivity contribution in [2.24, 2.45) is 0 Å². The molecule has 9 heteroatoms. The van der Waals surface area contributed by atoms with Crippen LogP contribution in [0.4, 0.5) is 0 Å². The van der Waals surface area contributed by atoms with E-state index in [0.717, 1.165) is 18.4 Å². The molecule has 1 fully saturated rings. The maximum absolute atomic E-state index is 11.9. The lowest BCUT2D eigenvalue weighted by Crippen LogP contribution is -2.66. The first-order chi connectivity index (χ1) is 11.4. The molecule has 0 bridgehead atoms. The number of carbonyl (C=O) groups is 2. The molecule has 132 valence electrons. The third-order valence-electron chi connectivity index (χ3n) is 3.50. The van der Waals surface area contributed by atoms with Crippen LogP contribution in [0.2, 0.25) is 0 Å². The van der Waals surface area contributed by atoms with E-state index in [1.807, 2.05) is 25.1 Å². The van der Waals surface area contributed by atoms with E-state index in [1.54, 1.807) is 12.1 Å². The average Bonchev–Trinajstić information content (AvgIpc) is 2.55. The highest BCUT2D eigenvalue weighted by atomic mass is 32.2. The van der Waals surface area contributed by atoms with Crippen molar-refractivity contribution >= 4 is 22.1 Å². The van der Waals surface area contributed by atoms with Gasteiger partial charge in [0.25, 0.3) is 5.91 Å². The van der Waals surface area contributed by atoms with Gasteiger partial charge in [0.1, 0.15) is 6.04 Å². The van der Waals surface area contributed by atoms with Crippen molar-refractivity contribution in [1.82, 2.24) is 15.1 Å². The SMILES string of the molecule is CCCCNOS(=O)(=O)N1C[C@H](NC(=O)Cc2ccccc2)C1=O. The third-order valence-corrected chi connectivity index (χ3v) is 4.70. The molecule has 0 saturated carbocycles. The van der Waals surface area contributed by atoms with Gasteiger partial charge in [0, 0.05) is 6.54 Å². The van der Waals surface area contributed by atoms with Crippen LogP contribution in [-0.4, -0.2) is 43.7 Å². The van der Waals surface area contributed by atoms with Crippen LogP contribution in [0.25, 0.3) is 0 Å². The van der Waals surface area contributed by atoms with Crippen LogP contribution in [0.1, 0.15) is 25.3 Å². The Balaban J connectivity index is 1.78. The molecule has 0 unspecified atom stereocenters. The zero-order valence-electron chi connectivity index (χ0n) is 13.4. The van der Waals surface area contributed by atoms with Crippen LogP contribution >= 0.6 is 0 Å². The van der Waals surface area contributed by atoms with Crippen molar-refractivity contribution < 1.29 is 22.3 Å². The van der Waals surface area contributed by atoms with Gasteiger partial charge < -0.3 is 5.32 Å². The highest BCUT2D eigenvalue weighted by molar-refractivity contribution is 7.85. The number of benzene rings is 1. The second-order valence-corrected chi connectivity index (χ2v) is 6.90. The Kier molecular flexibility index (Phi) is 6.29. The first kappa shape index (κ1) is 18.4. The second kappa shape index (κ2) is 8.22. The molecule has 2 N–H and O–H groups in total. The Morgan fingerprint density at radius 1 is 1.33 bits per heavy atom. The molecule has 1 atom stereocenters. The molecular formula is C15H21N3O5S. The lowest BCUT2D eigenvalue weighted by molar-refractivity contribution is -0.140. The molecule has 0 aliphatic carbocycles. The maximum atomic E-state index is 11.9. The topological polar surface area (TPSA) is 105 Å². The fourth-order valence-corrected chi connectivity index (χ4v) is 3.14. The summed E-state index contributed by atoms with van der Waals surface area (Å²) in [6, 6.07) is 8.23. The molecule has 2 rings (SSSR count). The lowest BCUT2D eigenvalue weighted by atomic mass is 10.1. The number of rotatable bonds is 9. The summed E-state index contributed by atoms with van der Waals surface area (Å²) in [5, 5.41) is 2.52. The zero-order valence-corrected chi connectivity index (χ0v) is 14.2. The van der Waals surface area contributed by atoms with E-state index in [2.05, 4.69) is 15.1 Å². The lowest BCUT2D eigenvalue weighted by Gasteiger charge is -2.36. The van der Waals surface area contributed by atoms with Crippen LogP contribution in [0.5, 0.6) is 0 Å². The van der Waals surface area contributed by atoms with Gasteiger partial charge in [-0.05, 0) is 12.0 Å². The largest absolute Gasteiger partial charge is 0.380 e. The summed E-state index contributed by atoms with van der Waals surface area (Å²) in [5.74, 6) is -1.03. The van der Waals surface area contributed by atoms with Crippen LogP contribution in [0.3, 0.4) is 0 Å². The van der Waals surface area contributed by atoms with E-state index in [4.69, 9.17) is 0 Å². The molecule has 1 aliphatic rings. The predicted molar refractivity (Wildman–Crippen MR) is 86.7 cm³/mol. The number of amides is 2. The van der Waals surface area contributed by atoms with Crippen molar-refractivity contribution in [3.05, 3.63) is 35.9 Å². The van der Waals surface area contributed by atoms with Crippen LogP contribution in [0.15, 0.2) is 30.3 Å². The predicted octanol–water partition coefficient (Wildman–Crippen LogP) is 0.122. The molecule has 0 aromatic heterocycles. The fraction of sp³-hybridized carbons (Fsp3) is 0.467. The minimum atomic E-state index is -4.16. The molecule has 0 radical (unpaired) electrons. The molecule has 1 heterocycles. The Hall–Kier alpha value is -1.97. The van der Waals surface area contributed by atoms with Gasteiger partial charge in [-0.1, -0.05) is 43.7 Å². The third kappa shape index (κ3) is 4.76. The van der Waals surface area contributed by atoms with Crippen LogP contribution in [-0.2, 0) is 30.6 Å². The monoisotopic (exact) mass is 355 g/mol. The molecule has 0 spiro atoms. The number of carbonyl (C=O) groups excluding carboxylic acids is 2. The quantitative estimate of drug-likeness (QED) is 0.370. The van der Waals surface area contributed by atoms with Gasteiger partial charge in [0.2, 0.25) is 5.91 Å². The molecule has 1 aromatic carbocycles. The van der Waals surface area contributed by atoms with Crippen LogP contribution < -0.4 is 10.8 Å². The molecule has 8 nitrogen and oxygen atoms in total. The summed E-state index contributed by atoms with van der Waals surface area (Å²) in [5.41, 5.74) is 3.13. The number of unbranched alkanes of at least 4 members (excludes halogenated alkanes) is 1. The van der Waals surface area contributed by atoms with E-state index in [9.17, 15) is 18.0 Å². The second-order valence-electron chi connectivity index (χ2n) is 5.44. The Labute approximate surface area is 141 Å². The van der Waals surface area contributed by atoms with Crippen molar-refractivity contribution in [3.8, 4) is 0 Å². The Morgan fingerprint density at radius 2 is 2.04 bits per heavy atom. The molecular weight excluding hydrogens is 334 g/mol. The summed E-state index contributed by atoms with van der Waals surface area (Å²) in [7, 11) is -4.16. The molecule has 1 saturated heterocycles. The number of hydrogen-bond acceptors (Lipinski definition) is 6. The van der Waals surface area contributed by atoms with Crippen molar-refractivity contribution in [2.45, 2.75) is 32.2 Å². The van der Waals surface area contributed by atoms with Crippen molar-refractivity contribution in [3.63, 3.8) is 0 Å². The van der Waals surface area contributed by atoms with E-state index < -0.39 is 22.3 Å². The number of nitrogens with zero attached hydrogens (tertiary/aromatic N) is 1. The fourth-order valence-electron chi connectivity index (χ4n) is 2.14. The summed E-state index contributed by atoms with van der Waals surface area (Å²) < 4.78 is 28.8. The number of β-lactam (4-membered cyclic amide) rings is 1.